The van der Waals surface area contributed by atoms with E-state index in [1.165, 1.54) is 0 Å². The Kier molecular flexibility index (Phi) is 4.15. The minimum atomic E-state index is -0.499. The van der Waals surface area contributed by atoms with Crippen LogP contribution in [0.4, 0.5) is 0 Å². The molecule has 0 aliphatic heterocycles. The second-order valence-corrected chi connectivity index (χ2v) is 7.00. The summed E-state index contributed by atoms with van der Waals surface area (Å²) in [5.41, 5.74) is 1.57. The van der Waals surface area contributed by atoms with Crippen LogP contribution in [0.3, 0.4) is 0 Å². The van der Waals surface area contributed by atoms with Gasteiger partial charge in [0.25, 0.3) is 0 Å². The number of pyridine rings is 1. The van der Waals surface area contributed by atoms with Gasteiger partial charge in [-0.05, 0) is 58.3 Å². The predicted molar refractivity (Wildman–Crippen MR) is 91.2 cm³/mol. The zero-order valence-corrected chi connectivity index (χ0v) is 14.4. The van der Waals surface area contributed by atoms with Crippen molar-refractivity contribution >= 4 is 11.4 Å². The van der Waals surface area contributed by atoms with Gasteiger partial charge in [-0.15, -0.1) is 0 Å². The van der Waals surface area contributed by atoms with E-state index in [9.17, 15) is 4.79 Å². The Morgan fingerprint density at radius 1 is 1.43 bits per heavy atom. The van der Waals surface area contributed by atoms with E-state index in [1.807, 2.05) is 39.1 Å². The molecule has 1 fully saturated rings. The molecule has 1 amide bonds. The fraction of sp³-hybridized carbons (Fsp3) is 0.556. The molecule has 2 heterocycles. The van der Waals surface area contributed by atoms with Crippen LogP contribution in [0, 0.1) is 18.8 Å². The topological polar surface area (TPSA) is 58.4 Å². The Morgan fingerprint density at radius 2 is 2.22 bits per heavy atom. The van der Waals surface area contributed by atoms with Gasteiger partial charge in [-0.25, -0.2) is 4.98 Å². The lowest BCUT2D eigenvalue weighted by Crippen LogP contribution is -2.43. The number of aryl methyl sites for hydroxylation is 1. The summed E-state index contributed by atoms with van der Waals surface area (Å²) in [6, 6.07) is 6.05. The van der Waals surface area contributed by atoms with Gasteiger partial charge in [-0.1, -0.05) is 13.0 Å². The van der Waals surface area contributed by atoms with E-state index >= 15 is 0 Å². The van der Waals surface area contributed by atoms with Crippen molar-refractivity contribution in [3.05, 3.63) is 35.9 Å². The second kappa shape index (κ2) is 5.96. The summed E-state index contributed by atoms with van der Waals surface area (Å²) in [6.07, 6.45) is 2.99. The van der Waals surface area contributed by atoms with Crippen molar-refractivity contribution in [1.29, 1.82) is 0 Å². The van der Waals surface area contributed by atoms with Crippen LogP contribution in [-0.4, -0.2) is 28.4 Å². The Balaban J connectivity index is 1.75. The molecule has 124 valence electrons. The van der Waals surface area contributed by atoms with E-state index in [4.69, 9.17) is 4.98 Å². The molecular formula is C18H26N4O. The molecule has 2 aromatic heterocycles. The minimum Gasteiger partial charge on any atom is -0.344 e. The highest BCUT2D eigenvalue weighted by molar-refractivity contribution is 5.82. The number of imidazole rings is 1. The van der Waals surface area contributed by atoms with Crippen molar-refractivity contribution in [2.45, 2.75) is 39.7 Å². The highest BCUT2D eigenvalue weighted by Crippen LogP contribution is 2.38. The van der Waals surface area contributed by atoms with Gasteiger partial charge in [-0.2, -0.15) is 0 Å². The first-order valence-electron chi connectivity index (χ1n) is 8.41. The van der Waals surface area contributed by atoms with Crippen molar-refractivity contribution in [3.63, 3.8) is 0 Å². The lowest BCUT2D eigenvalue weighted by molar-refractivity contribution is -0.124. The van der Waals surface area contributed by atoms with Crippen molar-refractivity contribution in [2.75, 3.05) is 13.1 Å². The molecule has 2 atom stereocenters. The van der Waals surface area contributed by atoms with E-state index in [0.717, 1.165) is 36.5 Å². The third-order valence-corrected chi connectivity index (χ3v) is 4.64. The van der Waals surface area contributed by atoms with E-state index in [0.29, 0.717) is 5.92 Å². The fourth-order valence-corrected chi connectivity index (χ4v) is 3.21. The van der Waals surface area contributed by atoms with Gasteiger partial charge in [0.15, 0.2) is 0 Å². The molecule has 5 nitrogen and oxygen atoms in total. The summed E-state index contributed by atoms with van der Waals surface area (Å²) < 4.78 is 2.07. The van der Waals surface area contributed by atoms with E-state index in [2.05, 4.69) is 28.0 Å². The number of carbonyl (C=O) groups is 1. The number of aromatic nitrogens is 2. The molecule has 0 radical (unpaired) electrons. The third-order valence-electron chi connectivity index (χ3n) is 4.64. The molecule has 3 rings (SSSR count). The molecule has 0 spiro atoms. The van der Waals surface area contributed by atoms with Gasteiger partial charge in [-0.3, -0.25) is 4.79 Å². The van der Waals surface area contributed by atoms with Crippen LogP contribution in [0.2, 0.25) is 0 Å². The number of hydrogen-bond acceptors (Lipinski definition) is 3. The number of carbonyl (C=O) groups excluding carboxylic acids is 1. The Labute approximate surface area is 137 Å². The number of fused-ring (bicyclic) bond motifs is 1. The quantitative estimate of drug-likeness (QED) is 0.860. The smallest absolute Gasteiger partial charge is 0.224 e. The molecule has 2 aromatic rings. The highest BCUT2D eigenvalue weighted by Gasteiger charge is 2.44. The maximum atomic E-state index is 12.5. The molecule has 1 aliphatic rings. The Hall–Kier alpha value is -1.88. The van der Waals surface area contributed by atoms with Crippen molar-refractivity contribution in [1.82, 2.24) is 20.0 Å². The van der Waals surface area contributed by atoms with Crippen LogP contribution in [0.1, 0.15) is 38.7 Å². The maximum absolute atomic E-state index is 12.5. The minimum absolute atomic E-state index is 0.139. The van der Waals surface area contributed by atoms with E-state index < -0.39 is 5.54 Å². The molecule has 1 aliphatic carbocycles. The van der Waals surface area contributed by atoms with Gasteiger partial charge in [0.05, 0.1) is 16.7 Å². The van der Waals surface area contributed by atoms with Crippen LogP contribution in [0.15, 0.2) is 24.4 Å². The SMILES string of the molecule is CCNC[C@H]1C[C@@H]1C(=O)NC(C)(C)c1nc(C)c2ccccn12. The summed E-state index contributed by atoms with van der Waals surface area (Å²) in [6.45, 7) is 10.0. The molecule has 0 aromatic carbocycles. The lowest BCUT2D eigenvalue weighted by atomic mass is 10.0. The molecule has 1 saturated carbocycles. The van der Waals surface area contributed by atoms with Crippen LogP contribution in [0.25, 0.3) is 5.52 Å². The van der Waals surface area contributed by atoms with Gasteiger partial charge < -0.3 is 15.0 Å². The number of hydrogen-bond donors (Lipinski definition) is 2. The molecule has 0 unspecified atom stereocenters. The van der Waals surface area contributed by atoms with Gasteiger partial charge >= 0.3 is 0 Å². The average Bonchev–Trinajstić information content (AvgIpc) is 3.22. The van der Waals surface area contributed by atoms with Gasteiger partial charge in [0, 0.05) is 12.1 Å². The first kappa shape index (κ1) is 16.0. The van der Waals surface area contributed by atoms with Crippen molar-refractivity contribution < 1.29 is 4.79 Å². The first-order chi connectivity index (χ1) is 10.9. The standard InChI is InChI=1S/C18H26N4O/c1-5-19-11-13-10-14(13)16(23)21-18(3,4)17-20-12(2)15-8-6-7-9-22(15)17/h6-9,13-14,19H,5,10-11H2,1-4H3,(H,21,23)/t13-,14+/m1/s1. The van der Waals surface area contributed by atoms with Crippen LogP contribution < -0.4 is 10.6 Å². The van der Waals surface area contributed by atoms with Crippen LogP contribution in [0.5, 0.6) is 0 Å². The van der Waals surface area contributed by atoms with E-state index in [-0.39, 0.29) is 11.8 Å². The number of nitrogens with one attached hydrogen (secondary N) is 2. The highest BCUT2D eigenvalue weighted by atomic mass is 16.2. The third kappa shape index (κ3) is 3.11. The second-order valence-electron chi connectivity index (χ2n) is 7.00. The van der Waals surface area contributed by atoms with Crippen molar-refractivity contribution in [3.8, 4) is 0 Å². The maximum Gasteiger partial charge on any atom is 0.224 e. The zero-order chi connectivity index (χ0) is 16.6. The number of nitrogens with zero attached hydrogens (tertiary/aromatic N) is 2. The molecule has 5 heteroatoms. The van der Waals surface area contributed by atoms with Gasteiger partial charge in [0.2, 0.25) is 5.91 Å². The monoisotopic (exact) mass is 314 g/mol. The Morgan fingerprint density at radius 3 is 2.96 bits per heavy atom. The zero-order valence-electron chi connectivity index (χ0n) is 14.4. The van der Waals surface area contributed by atoms with Crippen LogP contribution in [-0.2, 0) is 10.3 Å². The summed E-state index contributed by atoms with van der Waals surface area (Å²) in [7, 11) is 0. The molecule has 2 N–H and O–H groups in total. The summed E-state index contributed by atoms with van der Waals surface area (Å²) >= 11 is 0. The average molecular weight is 314 g/mol. The summed E-state index contributed by atoms with van der Waals surface area (Å²) in [5.74, 6) is 1.64. The Bertz CT molecular complexity index is 719. The summed E-state index contributed by atoms with van der Waals surface area (Å²) in [4.78, 5) is 17.2. The molecule has 0 bridgehead atoms. The predicted octanol–water partition coefficient (Wildman–Crippen LogP) is 2.24. The van der Waals surface area contributed by atoms with Gasteiger partial charge in [0.1, 0.15) is 5.82 Å². The van der Waals surface area contributed by atoms with E-state index in [1.54, 1.807) is 0 Å². The fourth-order valence-electron chi connectivity index (χ4n) is 3.21. The molecular weight excluding hydrogens is 288 g/mol. The normalized spacial score (nSPS) is 20.7. The van der Waals surface area contributed by atoms with Crippen molar-refractivity contribution in [2.24, 2.45) is 11.8 Å². The molecule has 23 heavy (non-hydrogen) atoms. The number of rotatable bonds is 6. The van der Waals surface area contributed by atoms with Crippen LogP contribution >= 0.6 is 0 Å². The number of amides is 1. The largest absolute Gasteiger partial charge is 0.344 e. The lowest BCUT2D eigenvalue weighted by Gasteiger charge is -2.25. The molecule has 0 saturated heterocycles. The summed E-state index contributed by atoms with van der Waals surface area (Å²) in [5, 5.41) is 6.52. The first-order valence-corrected chi connectivity index (χ1v) is 8.41.